The third-order valence-corrected chi connectivity index (χ3v) is 3.83. The highest BCUT2D eigenvalue weighted by molar-refractivity contribution is 6.31. The second-order valence-electron chi connectivity index (χ2n) is 5.18. The maximum absolute atomic E-state index is 12.0. The van der Waals surface area contributed by atoms with Gasteiger partial charge >= 0.3 is 0 Å². The highest BCUT2D eigenvalue weighted by Crippen LogP contribution is 2.20. The van der Waals surface area contributed by atoms with Gasteiger partial charge in [0, 0.05) is 11.6 Å². The highest BCUT2D eigenvalue weighted by atomic mass is 35.5. The van der Waals surface area contributed by atoms with E-state index in [-0.39, 0.29) is 5.91 Å². The average Bonchev–Trinajstić information content (AvgIpc) is 2.50. The first kappa shape index (κ1) is 16.4. The van der Waals surface area contributed by atoms with Crippen LogP contribution in [0.25, 0.3) is 0 Å². The van der Waals surface area contributed by atoms with E-state index in [4.69, 9.17) is 16.3 Å². The van der Waals surface area contributed by atoms with Crippen molar-refractivity contribution in [1.29, 1.82) is 0 Å². The Morgan fingerprint density at radius 1 is 1.18 bits per heavy atom. The second-order valence-corrected chi connectivity index (χ2v) is 5.59. The van der Waals surface area contributed by atoms with Crippen LogP contribution >= 0.6 is 11.6 Å². The van der Waals surface area contributed by atoms with E-state index in [1.54, 1.807) is 13.2 Å². The van der Waals surface area contributed by atoms with Crippen LogP contribution in [0.1, 0.15) is 16.7 Å². The van der Waals surface area contributed by atoms with Gasteiger partial charge in [-0.25, -0.2) is 0 Å². The molecule has 0 saturated heterocycles. The van der Waals surface area contributed by atoms with Gasteiger partial charge in [0.25, 0.3) is 0 Å². The molecule has 0 spiro atoms. The summed E-state index contributed by atoms with van der Waals surface area (Å²) in [5.41, 5.74) is 3.12. The van der Waals surface area contributed by atoms with E-state index in [0.717, 1.165) is 23.3 Å². The zero-order valence-corrected chi connectivity index (χ0v) is 13.6. The molecular weight excluding hydrogens is 298 g/mol. The van der Waals surface area contributed by atoms with Crippen molar-refractivity contribution in [3.8, 4) is 5.75 Å². The van der Waals surface area contributed by atoms with Gasteiger partial charge in [0.15, 0.2) is 0 Å². The molecule has 0 aliphatic heterocycles. The molecule has 1 N–H and O–H groups in total. The zero-order chi connectivity index (χ0) is 15.9. The number of halogens is 1. The molecule has 2 rings (SSSR count). The van der Waals surface area contributed by atoms with E-state index in [9.17, 15) is 4.79 Å². The Morgan fingerprint density at radius 3 is 2.68 bits per heavy atom. The summed E-state index contributed by atoms with van der Waals surface area (Å²) in [4.78, 5) is 12.0. The number of benzene rings is 2. The number of amides is 1. The Balaban J connectivity index is 1.87. The Labute approximate surface area is 136 Å². The monoisotopic (exact) mass is 317 g/mol. The lowest BCUT2D eigenvalue weighted by Gasteiger charge is -2.10. The molecule has 2 aromatic carbocycles. The molecule has 0 heterocycles. The van der Waals surface area contributed by atoms with Crippen LogP contribution in [0.3, 0.4) is 0 Å². The maximum Gasteiger partial charge on any atom is 0.224 e. The fourth-order valence-corrected chi connectivity index (χ4v) is 2.52. The smallest absolute Gasteiger partial charge is 0.224 e. The number of methoxy groups -OCH3 is 1. The zero-order valence-electron chi connectivity index (χ0n) is 12.9. The van der Waals surface area contributed by atoms with E-state index in [1.165, 1.54) is 5.56 Å². The Bertz CT molecular complexity index is 655. The second kappa shape index (κ2) is 7.85. The number of hydrogen-bond donors (Lipinski definition) is 1. The van der Waals surface area contributed by atoms with E-state index in [2.05, 4.69) is 11.4 Å². The molecule has 0 saturated carbocycles. The Hall–Kier alpha value is -2.00. The van der Waals surface area contributed by atoms with Gasteiger partial charge in [0.05, 0.1) is 13.5 Å². The van der Waals surface area contributed by atoms with Crippen LogP contribution in [-0.4, -0.2) is 19.6 Å². The molecule has 0 atom stereocenters. The third-order valence-electron chi connectivity index (χ3n) is 3.46. The summed E-state index contributed by atoms with van der Waals surface area (Å²) in [6, 6.07) is 13.4. The summed E-state index contributed by atoms with van der Waals surface area (Å²) >= 11 is 6.06. The van der Waals surface area contributed by atoms with Crippen molar-refractivity contribution in [1.82, 2.24) is 5.32 Å². The normalized spacial score (nSPS) is 10.3. The van der Waals surface area contributed by atoms with E-state index < -0.39 is 0 Å². The number of hydrogen-bond acceptors (Lipinski definition) is 2. The molecule has 3 nitrogen and oxygen atoms in total. The lowest BCUT2D eigenvalue weighted by atomic mass is 10.1. The quantitative estimate of drug-likeness (QED) is 0.884. The fraction of sp³-hybridized carbons (Fsp3) is 0.278. The summed E-state index contributed by atoms with van der Waals surface area (Å²) < 4.78 is 5.34. The maximum atomic E-state index is 12.0. The number of carbonyl (C=O) groups is 1. The molecule has 0 bridgehead atoms. The number of nitrogens with one attached hydrogen (secondary N) is 1. The van der Waals surface area contributed by atoms with Crippen molar-refractivity contribution in [2.24, 2.45) is 0 Å². The van der Waals surface area contributed by atoms with Crippen LogP contribution < -0.4 is 10.1 Å². The molecule has 0 radical (unpaired) electrons. The van der Waals surface area contributed by atoms with Gasteiger partial charge < -0.3 is 10.1 Å². The van der Waals surface area contributed by atoms with Gasteiger partial charge in [0.2, 0.25) is 5.91 Å². The SMILES string of the molecule is COc1ccc(C)cc1CCNC(=O)Cc1ccccc1Cl. The van der Waals surface area contributed by atoms with Crippen LogP contribution in [0, 0.1) is 6.92 Å². The van der Waals surface area contributed by atoms with Crippen molar-refractivity contribution in [2.75, 3.05) is 13.7 Å². The molecule has 116 valence electrons. The van der Waals surface area contributed by atoms with Gasteiger partial charge in [-0.1, -0.05) is 47.5 Å². The molecule has 22 heavy (non-hydrogen) atoms. The fourth-order valence-electron chi connectivity index (χ4n) is 2.32. The first-order valence-corrected chi connectivity index (χ1v) is 7.61. The van der Waals surface area contributed by atoms with E-state index >= 15 is 0 Å². The standard InChI is InChI=1S/C18H20ClNO2/c1-13-7-8-17(22-2)15(11-13)9-10-20-18(21)12-14-5-3-4-6-16(14)19/h3-8,11H,9-10,12H2,1-2H3,(H,20,21). The predicted molar refractivity (Wildman–Crippen MR) is 89.6 cm³/mol. The molecule has 0 aliphatic carbocycles. The lowest BCUT2D eigenvalue weighted by molar-refractivity contribution is -0.120. The summed E-state index contributed by atoms with van der Waals surface area (Å²) in [6.45, 7) is 2.61. The minimum atomic E-state index is -0.0280. The topological polar surface area (TPSA) is 38.3 Å². The van der Waals surface area contributed by atoms with Crippen LogP contribution in [0.2, 0.25) is 5.02 Å². The van der Waals surface area contributed by atoms with Gasteiger partial charge in [-0.3, -0.25) is 4.79 Å². The molecule has 2 aromatic rings. The van der Waals surface area contributed by atoms with Crippen LogP contribution in [0.15, 0.2) is 42.5 Å². The first-order chi connectivity index (χ1) is 10.6. The number of aryl methyl sites for hydroxylation is 1. The van der Waals surface area contributed by atoms with Gasteiger partial charge in [-0.15, -0.1) is 0 Å². The van der Waals surface area contributed by atoms with Crippen molar-refractivity contribution >= 4 is 17.5 Å². The van der Waals surface area contributed by atoms with Crippen LogP contribution in [0.5, 0.6) is 5.75 Å². The molecule has 0 aromatic heterocycles. The van der Waals surface area contributed by atoms with Crippen LogP contribution in [-0.2, 0) is 17.6 Å². The molecular formula is C18H20ClNO2. The van der Waals surface area contributed by atoms with Crippen LogP contribution in [0.4, 0.5) is 0 Å². The summed E-state index contributed by atoms with van der Waals surface area (Å²) in [7, 11) is 1.66. The number of rotatable bonds is 6. The number of ether oxygens (including phenoxy) is 1. The molecule has 1 amide bonds. The molecule has 4 heteroatoms. The average molecular weight is 318 g/mol. The van der Waals surface area contributed by atoms with Gasteiger partial charge in [0.1, 0.15) is 5.75 Å². The van der Waals surface area contributed by atoms with Crippen molar-refractivity contribution in [2.45, 2.75) is 19.8 Å². The van der Waals surface area contributed by atoms with Crippen molar-refractivity contribution < 1.29 is 9.53 Å². The van der Waals surface area contributed by atoms with Gasteiger partial charge in [-0.05, 0) is 36.6 Å². The van der Waals surface area contributed by atoms with Crippen molar-refractivity contribution in [3.63, 3.8) is 0 Å². The summed E-state index contributed by atoms with van der Waals surface area (Å²) in [6.07, 6.45) is 1.03. The predicted octanol–water partition coefficient (Wildman–Crippen LogP) is 3.56. The Morgan fingerprint density at radius 2 is 1.95 bits per heavy atom. The molecule has 0 aliphatic rings. The first-order valence-electron chi connectivity index (χ1n) is 7.24. The number of carbonyl (C=O) groups excluding carboxylic acids is 1. The third kappa shape index (κ3) is 4.50. The molecule has 0 fully saturated rings. The largest absolute Gasteiger partial charge is 0.496 e. The minimum absolute atomic E-state index is 0.0280. The van der Waals surface area contributed by atoms with Gasteiger partial charge in [-0.2, -0.15) is 0 Å². The highest BCUT2D eigenvalue weighted by Gasteiger charge is 2.07. The lowest BCUT2D eigenvalue weighted by Crippen LogP contribution is -2.27. The Kier molecular flexibility index (Phi) is 5.84. The van der Waals surface area contributed by atoms with E-state index in [0.29, 0.717) is 18.0 Å². The summed E-state index contributed by atoms with van der Waals surface area (Å²) in [5.74, 6) is 0.825. The summed E-state index contributed by atoms with van der Waals surface area (Å²) in [5, 5.41) is 3.55. The van der Waals surface area contributed by atoms with Crippen molar-refractivity contribution in [3.05, 3.63) is 64.2 Å². The minimum Gasteiger partial charge on any atom is -0.496 e. The van der Waals surface area contributed by atoms with E-state index in [1.807, 2.05) is 37.3 Å². The molecule has 0 unspecified atom stereocenters.